The van der Waals surface area contributed by atoms with Crippen LogP contribution in [0.3, 0.4) is 0 Å². The Morgan fingerprint density at radius 3 is 2.86 bits per heavy atom. The highest BCUT2D eigenvalue weighted by Gasteiger charge is 2.20. The third kappa shape index (κ3) is 4.63. The van der Waals surface area contributed by atoms with Gasteiger partial charge in [-0.1, -0.05) is 41.6 Å². The molecule has 0 aliphatic carbocycles. The number of thioether (sulfide) groups is 1. The fraction of sp³-hybridized carbons (Fsp3) is 0.190. The number of fused-ring (bicyclic) bond motifs is 1. The van der Waals surface area contributed by atoms with E-state index in [0.29, 0.717) is 32.5 Å². The summed E-state index contributed by atoms with van der Waals surface area (Å²) in [4.78, 5) is 30.2. The molecule has 1 amide bonds. The summed E-state index contributed by atoms with van der Waals surface area (Å²) in [5.74, 6) is 0.338. The van der Waals surface area contributed by atoms with E-state index in [1.54, 1.807) is 50.4 Å². The summed E-state index contributed by atoms with van der Waals surface area (Å²) in [6.07, 6.45) is 1.62. The van der Waals surface area contributed by atoms with Crippen molar-refractivity contribution >= 4 is 45.9 Å². The van der Waals surface area contributed by atoms with Gasteiger partial charge in [0, 0.05) is 11.6 Å². The van der Waals surface area contributed by atoms with Crippen LogP contribution in [-0.4, -0.2) is 27.8 Å². The molecule has 0 saturated carbocycles. The highest BCUT2D eigenvalue weighted by Crippen LogP contribution is 2.27. The molecular formula is C21H20ClN3O3S. The Morgan fingerprint density at radius 1 is 1.38 bits per heavy atom. The maximum Gasteiger partial charge on any atom is 0.262 e. The van der Waals surface area contributed by atoms with Gasteiger partial charge in [0.05, 0.1) is 29.0 Å². The first-order valence-electron chi connectivity index (χ1n) is 8.86. The number of aromatic nitrogens is 2. The van der Waals surface area contributed by atoms with Crippen molar-refractivity contribution in [1.29, 1.82) is 0 Å². The van der Waals surface area contributed by atoms with Crippen LogP contribution >= 0.6 is 23.4 Å². The summed E-state index contributed by atoms with van der Waals surface area (Å²) in [5, 5.41) is 3.72. The highest BCUT2D eigenvalue weighted by molar-refractivity contribution is 8.00. The van der Waals surface area contributed by atoms with E-state index >= 15 is 0 Å². The fourth-order valence-corrected chi connectivity index (χ4v) is 3.83. The van der Waals surface area contributed by atoms with Gasteiger partial charge in [-0.3, -0.25) is 14.2 Å². The molecule has 0 bridgehead atoms. The van der Waals surface area contributed by atoms with Crippen molar-refractivity contribution in [3.05, 3.63) is 70.5 Å². The molecule has 3 aromatic rings. The minimum Gasteiger partial charge on any atom is -0.495 e. The van der Waals surface area contributed by atoms with Gasteiger partial charge in [-0.05, 0) is 37.3 Å². The number of carbonyl (C=O) groups is 1. The molecule has 29 heavy (non-hydrogen) atoms. The van der Waals surface area contributed by atoms with Gasteiger partial charge in [-0.2, -0.15) is 0 Å². The number of rotatable bonds is 7. The molecule has 1 atom stereocenters. The largest absolute Gasteiger partial charge is 0.495 e. The molecule has 0 aliphatic heterocycles. The average molecular weight is 430 g/mol. The average Bonchev–Trinajstić information content (AvgIpc) is 2.71. The summed E-state index contributed by atoms with van der Waals surface area (Å²) in [6, 6.07) is 12.1. The van der Waals surface area contributed by atoms with E-state index in [9.17, 15) is 9.59 Å². The smallest absolute Gasteiger partial charge is 0.262 e. The van der Waals surface area contributed by atoms with Crippen molar-refractivity contribution < 1.29 is 9.53 Å². The minimum atomic E-state index is -0.514. The second-order valence-electron chi connectivity index (χ2n) is 6.21. The first kappa shape index (κ1) is 21.0. The number of carbonyl (C=O) groups excluding carboxylic acids is 1. The van der Waals surface area contributed by atoms with Gasteiger partial charge in [0.15, 0.2) is 5.16 Å². The summed E-state index contributed by atoms with van der Waals surface area (Å²) in [5.41, 5.74) is 0.864. The van der Waals surface area contributed by atoms with E-state index in [2.05, 4.69) is 16.9 Å². The predicted molar refractivity (Wildman–Crippen MR) is 118 cm³/mol. The zero-order chi connectivity index (χ0) is 21.0. The first-order valence-corrected chi connectivity index (χ1v) is 10.1. The van der Waals surface area contributed by atoms with Gasteiger partial charge >= 0.3 is 0 Å². The Bertz CT molecular complexity index is 1130. The third-order valence-electron chi connectivity index (χ3n) is 4.21. The van der Waals surface area contributed by atoms with Crippen molar-refractivity contribution in [2.75, 3.05) is 12.4 Å². The number of amides is 1. The lowest BCUT2D eigenvalue weighted by molar-refractivity contribution is -0.115. The van der Waals surface area contributed by atoms with Crippen LogP contribution in [0.5, 0.6) is 5.75 Å². The monoisotopic (exact) mass is 429 g/mol. The maximum atomic E-state index is 12.9. The number of ether oxygens (including phenoxy) is 1. The lowest BCUT2D eigenvalue weighted by atomic mass is 10.2. The third-order valence-corrected chi connectivity index (χ3v) is 5.54. The van der Waals surface area contributed by atoms with Crippen LogP contribution in [0.25, 0.3) is 10.9 Å². The van der Waals surface area contributed by atoms with Gasteiger partial charge in [-0.15, -0.1) is 6.58 Å². The van der Waals surface area contributed by atoms with E-state index in [0.717, 1.165) is 0 Å². The Labute approximate surface area is 177 Å². The van der Waals surface area contributed by atoms with E-state index in [1.807, 2.05) is 12.1 Å². The van der Waals surface area contributed by atoms with E-state index in [4.69, 9.17) is 16.3 Å². The Kier molecular flexibility index (Phi) is 6.61. The number of nitrogens with zero attached hydrogens (tertiary/aromatic N) is 2. The number of benzene rings is 2. The Morgan fingerprint density at radius 2 is 2.14 bits per heavy atom. The SMILES string of the molecule is C=CCn1c(SC(C)C(=O)Nc2ccccc2OC)nc2cc(Cl)ccc2c1=O. The molecule has 2 aromatic carbocycles. The van der Waals surface area contributed by atoms with Crippen molar-refractivity contribution in [3.63, 3.8) is 0 Å². The van der Waals surface area contributed by atoms with Crippen molar-refractivity contribution in [2.45, 2.75) is 23.9 Å². The molecule has 3 rings (SSSR count). The van der Waals surface area contributed by atoms with Crippen LogP contribution in [0.4, 0.5) is 5.69 Å². The molecule has 1 unspecified atom stereocenters. The summed E-state index contributed by atoms with van der Waals surface area (Å²) >= 11 is 7.25. The molecule has 6 nitrogen and oxygen atoms in total. The normalized spacial score (nSPS) is 11.8. The fourth-order valence-electron chi connectivity index (χ4n) is 2.75. The Hall–Kier alpha value is -2.77. The van der Waals surface area contributed by atoms with Crippen LogP contribution in [-0.2, 0) is 11.3 Å². The molecule has 0 spiro atoms. The zero-order valence-electron chi connectivity index (χ0n) is 16.0. The number of para-hydroxylation sites is 2. The Balaban J connectivity index is 1.91. The minimum absolute atomic E-state index is 0.202. The molecule has 8 heteroatoms. The molecule has 0 saturated heterocycles. The van der Waals surface area contributed by atoms with Gasteiger partial charge < -0.3 is 10.1 Å². The van der Waals surface area contributed by atoms with E-state index < -0.39 is 5.25 Å². The lowest BCUT2D eigenvalue weighted by Gasteiger charge is -2.16. The van der Waals surface area contributed by atoms with Crippen molar-refractivity contribution in [2.24, 2.45) is 0 Å². The maximum absolute atomic E-state index is 12.9. The van der Waals surface area contributed by atoms with Crippen LogP contribution in [0.2, 0.25) is 5.02 Å². The number of halogens is 1. The number of hydrogen-bond donors (Lipinski definition) is 1. The molecule has 0 aliphatic rings. The lowest BCUT2D eigenvalue weighted by Crippen LogP contribution is -2.27. The highest BCUT2D eigenvalue weighted by atomic mass is 35.5. The van der Waals surface area contributed by atoms with Gasteiger partial charge in [0.1, 0.15) is 5.75 Å². The van der Waals surface area contributed by atoms with Crippen LogP contribution in [0.15, 0.2) is 65.1 Å². The van der Waals surface area contributed by atoms with Crippen LogP contribution in [0.1, 0.15) is 6.92 Å². The van der Waals surface area contributed by atoms with E-state index in [1.165, 1.54) is 16.3 Å². The number of hydrogen-bond acceptors (Lipinski definition) is 5. The molecular weight excluding hydrogens is 410 g/mol. The topological polar surface area (TPSA) is 73.2 Å². The van der Waals surface area contributed by atoms with Crippen LogP contribution < -0.4 is 15.6 Å². The zero-order valence-corrected chi connectivity index (χ0v) is 17.6. The molecule has 1 aromatic heterocycles. The summed E-state index contributed by atoms with van der Waals surface area (Å²) in [6.45, 7) is 5.75. The summed E-state index contributed by atoms with van der Waals surface area (Å²) < 4.78 is 6.77. The number of allylic oxidation sites excluding steroid dienone is 1. The second-order valence-corrected chi connectivity index (χ2v) is 7.95. The predicted octanol–water partition coefficient (Wildman–Crippen LogP) is 4.36. The van der Waals surface area contributed by atoms with Gasteiger partial charge in [-0.25, -0.2) is 4.98 Å². The van der Waals surface area contributed by atoms with E-state index in [-0.39, 0.29) is 18.0 Å². The molecule has 150 valence electrons. The van der Waals surface area contributed by atoms with Gasteiger partial charge in [0.25, 0.3) is 5.56 Å². The second kappa shape index (κ2) is 9.15. The summed E-state index contributed by atoms with van der Waals surface area (Å²) in [7, 11) is 1.54. The number of methoxy groups -OCH3 is 1. The van der Waals surface area contributed by atoms with Crippen LogP contribution in [0, 0.1) is 0 Å². The molecule has 0 radical (unpaired) electrons. The molecule has 1 heterocycles. The quantitative estimate of drug-likeness (QED) is 0.343. The molecule has 0 fully saturated rings. The molecule has 1 N–H and O–H groups in total. The first-order chi connectivity index (χ1) is 13.9. The van der Waals surface area contributed by atoms with Crippen molar-refractivity contribution in [3.8, 4) is 5.75 Å². The number of nitrogens with one attached hydrogen (secondary N) is 1. The number of anilines is 1. The standard InChI is InChI=1S/C21H20ClN3O3S/c1-4-11-25-20(27)15-10-9-14(22)12-17(15)24-21(25)29-13(2)19(26)23-16-7-5-6-8-18(16)28-3/h4-10,12-13H,1,11H2,2-3H3,(H,23,26). The van der Waals surface area contributed by atoms with Gasteiger partial charge in [0.2, 0.25) is 5.91 Å². The van der Waals surface area contributed by atoms with Crippen molar-refractivity contribution in [1.82, 2.24) is 9.55 Å².